The fourth-order valence-electron chi connectivity index (χ4n) is 5.29. The first-order valence-corrected chi connectivity index (χ1v) is 13.8. The van der Waals surface area contributed by atoms with Gasteiger partial charge in [0.05, 0.1) is 24.1 Å². The molecule has 3 aromatic heterocycles. The number of benzene rings is 1. The maximum Gasteiger partial charge on any atom is 0.269 e. The lowest BCUT2D eigenvalue weighted by molar-refractivity contribution is -0.137. The third kappa shape index (κ3) is 5.44. The number of primary amides is 1. The molecule has 0 bridgehead atoms. The molecular weight excluding hydrogens is 613 g/mol. The summed E-state index contributed by atoms with van der Waals surface area (Å²) in [6, 6.07) is 8.81. The van der Waals surface area contributed by atoms with Crippen molar-refractivity contribution in [2.45, 2.75) is 37.3 Å². The van der Waals surface area contributed by atoms with E-state index in [-0.39, 0.29) is 43.1 Å². The third-order valence-electron chi connectivity index (χ3n) is 7.22. The summed E-state index contributed by atoms with van der Waals surface area (Å²) in [6.07, 6.45) is 3.33. The zero-order valence-corrected chi connectivity index (χ0v) is 23.5. The van der Waals surface area contributed by atoms with Crippen LogP contribution in [0.15, 0.2) is 59.7 Å². The number of halogens is 2. The van der Waals surface area contributed by atoms with Crippen LogP contribution in [-0.4, -0.2) is 66.1 Å². The van der Waals surface area contributed by atoms with Gasteiger partial charge in [-0.2, -0.15) is 10.6 Å². The summed E-state index contributed by atoms with van der Waals surface area (Å²) in [5.74, 6) is -1.58. The summed E-state index contributed by atoms with van der Waals surface area (Å²) >= 11 is 3.24. The van der Waals surface area contributed by atoms with Crippen LogP contribution in [0.1, 0.15) is 40.1 Å². The summed E-state index contributed by atoms with van der Waals surface area (Å²) in [5, 5.41) is 7.42. The second-order valence-electron chi connectivity index (χ2n) is 9.92. The van der Waals surface area contributed by atoms with Gasteiger partial charge in [0.25, 0.3) is 5.91 Å². The minimum atomic E-state index is -1.37. The fourth-order valence-corrected chi connectivity index (χ4v) is 5.64. The van der Waals surface area contributed by atoms with Crippen LogP contribution in [0, 0.1) is 0 Å². The molecule has 5 heterocycles. The van der Waals surface area contributed by atoms with Crippen molar-refractivity contribution in [3.05, 3.63) is 76.5 Å². The van der Waals surface area contributed by atoms with Crippen LogP contribution in [-0.2, 0) is 16.1 Å². The van der Waals surface area contributed by atoms with Crippen LogP contribution in [0.4, 0.5) is 10.2 Å². The number of carbonyl (C=O) groups is 3. The van der Waals surface area contributed by atoms with E-state index in [1.165, 1.54) is 15.9 Å². The first-order chi connectivity index (χ1) is 20.3. The molecular formula is C26H25BrFN11O3. The molecule has 2 aliphatic rings. The lowest BCUT2D eigenvalue weighted by Gasteiger charge is -2.23. The monoisotopic (exact) mass is 637 g/mol. The summed E-state index contributed by atoms with van der Waals surface area (Å²) in [4.78, 5) is 52.3. The Kier molecular flexibility index (Phi) is 7.59. The number of nitrogens with zero attached hydrogens (tertiary/aromatic N) is 6. The SMILES string of the molecule is NC(=O)c1nn(CC(=O)N2C[C@H](F)C[C@H]2C(=O)Nc2cccc(Br)n2)c2ccc(C3NNNC3c3cncnc3)cc12. The lowest BCUT2D eigenvalue weighted by Crippen LogP contribution is -2.44. The first kappa shape index (κ1) is 27.8. The van der Waals surface area contributed by atoms with Crippen molar-refractivity contribution in [3.8, 4) is 0 Å². The third-order valence-corrected chi connectivity index (χ3v) is 7.66. The Morgan fingerprint density at radius 1 is 1.10 bits per heavy atom. The Morgan fingerprint density at radius 2 is 1.86 bits per heavy atom. The molecule has 216 valence electrons. The van der Waals surface area contributed by atoms with Gasteiger partial charge in [0.2, 0.25) is 11.8 Å². The molecule has 0 aliphatic carbocycles. The predicted molar refractivity (Wildman–Crippen MR) is 151 cm³/mol. The average Bonchev–Trinajstić information content (AvgIpc) is 3.70. The van der Waals surface area contributed by atoms with E-state index >= 15 is 0 Å². The highest BCUT2D eigenvalue weighted by atomic mass is 79.9. The van der Waals surface area contributed by atoms with E-state index < -0.39 is 29.9 Å². The fraction of sp³-hybridized carbons (Fsp3) is 0.269. The second kappa shape index (κ2) is 11.5. The van der Waals surface area contributed by atoms with Crippen molar-refractivity contribution < 1.29 is 18.8 Å². The lowest BCUT2D eigenvalue weighted by atomic mass is 9.95. The van der Waals surface area contributed by atoms with Crippen molar-refractivity contribution in [2.75, 3.05) is 11.9 Å². The van der Waals surface area contributed by atoms with Gasteiger partial charge in [-0.25, -0.2) is 30.2 Å². The molecule has 6 N–H and O–H groups in total. The number of amides is 3. The number of likely N-dealkylation sites (tertiary alicyclic amines) is 1. The minimum absolute atomic E-state index is 0.0158. The number of hydrogen-bond acceptors (Lipinski definition) is 10. The molecule has 4 aromatic rings. The number of nitrogens with one attached hydrogen (secondary N) is 4. The van der Waals surface area contributed by atoms with Gasteiger partial charge in [-0.15, -0.1) is 0 Å². The topological polar surface area (TPSA) is 185 Å². The van der Waals surface area contributed by atoms with E-state index in [0.717, 1.165) is 11.1 Å². The predicted octanol–water partition coefficient (Wildman–Crippen LogP) is 1.06. The van der Waals surface area contributed by atoms with Crippen molar-refractivity contribution in [1.82, 2.24) is 46.0 Å². The number of hydrogen-bond donors (Lipinski definition) is 5. The molecule has 2 saturated heterocycles. The van der Waals surface area contributed by atoms with Crippen LogP contribution in [0.3, 0.4) is 0 Å². The van der Waals surface area contributed by atoms with Crippen LogP contribution in [0.2, 0.25) is 0 Å². The summed E-state index contributed by atoms with van der Waals surface area (Å²) < 4.78 is 16.4. The summed E-state index contributed by atoms with van der Waals surface area (Å²) in [7, 11) is 0. The average molecular weight is 638 g/mol. The molecule has 16 heteroatoms. The highest BCUT2D eigenvalue weighted by molar-refractivity contribution is 9.10. The van der Waals surface area contributed by atoms with Gasteiger partial charge in [0, 0.05) is 29.8 Å². The van der Waals surface area contributed by atoms with Crippen molar-refractivity contribution in [2.24, 2.45) is 5.73 Å². The highest BCUT2D eigenvalue weighted by Crippen LogP contribution is 2.33. The number of rotatable bonds is 7. The molecule has 3 amide bonds. The van der Waals surface area contributed by atoms with Gasteiger partial charge in [-0.1, -0.05) is 12.1 Å². The number of alkyl halides is 1. The Hall–Kier alpha value is -4.38. The van der Waals surface area contributed by atoms with Crippen LogP contribution in [0.25, 0.3) is 10.9 Å². The molecule has 2 aliphatic heterocycles. The van der Waals surface area contributed by atoms with Gasteiger partial charge in [-0.05, 0) is 45.8 Å². The molecule has 14 nitrogen and oxygen atoms in total. The smallest absolute Gasteiger partial charge is 0.269 e. The standard InChI is InChI=1S/C26H25BrFN11O3/c27-19-2-1-3-20(32-19)33-26(42)18-7-15(28)10-38(18)21(40)11-39-17-5-4-13(6-16(17)24(36-39)25(29)41)22-23(35-37-34-22)14-8-30-12-31-9-14/h1-6,8-9,12,15,18,22-23,34-35,37H,7,10-11H2,(H2,29,41)(H,32,33,42)/t15-,18+,22?,23?/m1/s1. The Balaban J connectivity index is 1.25. The van der Waals surface area contributed by atoms with E-state index in [2.05, 4.69) is 57.7 Å². The van der Waals surface area contributed by atoms with Crippen molar-refractivity contribution in [1.29, 1.82) is 0 Å². The number of nitrogens with two attached hydrogens (primary N) is 1. The van der Waals surface area contributed by atoms with Crippen LogP contribution < -0.4 is 27.4 Å². The normalized spacial score (nSPS) is 22.0. The van der Waals surface area contributed by atoms with Crippen LogP contribution >= 0.6 is 15.9 Å². The van der Waals surface area contributed by atoms with Gasteiger partial charge in [0.1, 0.15) is 35.5 Å². The number of carbonyl (C=O) groups excluding carboxylic acids is 3. The molecule has 1 aromatic carbocycles. The molecule has 4 atom stereocenters. The van der Waals surface area contributed by atoms with E-state index in [9.17, 15) is 18.8 Å². The van der Waals surface area contributed by atoms with E-state index in [0.29, 0.717) is 15.5 Å². The van der Waals surface area contributed by atoms with Gasteiger partial charge in [-0.3, -0.25) is 19.1 Å². The molecule has 2 unspecified atom stereocenters. The highest BCUT2D eigenvalue weighted by Gasteiger charge is 2.40. The quantitative estimate of drug-likeness (QED) is 0.183. The molecule has 2 fully saturated rings. The Morgan fingerprint density at radius 3 is 2.60 bits per heavy atom. The van der Waals surface area contributed by atoms with E-state index in [4.69, 9.17) is 5.73 Å². The summed E-state index contributed by atoms with van der Waals surface area (Å²) in [5.41, 5.74) is 17.0. The molecule has 42 heavy (non-hydrogen) atoms. The van der Waals surface area contributed by atoms with Crippen molar-refractivity contribution >= 4 is 50.4 Å². The summed E-state index contributed by atoms with van der Waals surface area (Å²) in [6.45, 7) is -0.573. The molecule has 6 rings (SSSR count). The van der Waals surface area contributed by atoms with Crippen LogP contribution in [0.5, 0.6) is 0 Å². The zero-order chi connectivity index (χ0) is 29.4. The molecule has 0 spiro atoms. The van der Waals surface area contributed by atoms with Gasteiger partial charge >= 0.3 is 0 Å². The number of fused-ring (bicyclic) bond motifs is 1. The number of hydrazine groups is 2. The maximum atomic E-state index is 14.5. The second-order valence-corrected chi connectivity index (χ2v) is 10.7. The molecule has 0 radical (unpaired) electrons. The maximum absolute atomic E-state index is 14.5. The van der Waals surface area contributed by atoms with Crippen molar-refractivity contribution in [3.63, 3.8) is 0 Å². The van der Waals surface area contributed by atoms with E-state index in [1.54, 1.807) is 42.7 Å². The zero-order valence-electron chi connectivity index (χ0n) is 21.9. The number of aromatic nitrogens is 5. The Labute approximate surface area is 246 Å². The first-order valence-electron chi connectivity index (χ1n) is 13.0. The Bertz CT molecular complexity index is 1670. The van der Waals surface area contributed by atoms with Gasteiger partial charge in [0.15, 0.2) is 5.69 Å². The van der Waals surface area contributed by atoms with Gasteiger partial charge < -0.3 is 16.0 Å². The molecule has 0 saturated carbocycles. The van der Waals surface area contributed by atoms with E-state index in [1.807, 2.05) is 6.07 Å². The minimum Gasteiger partial charge on any atom is -0.364 e. The number of pyridine rings is 1. The number of anilines is 1. The largest absolute Gasteiger partial charge is 0.364 e.